The summed E-state index contributed by atoms with van der Waals surface area (Å²) in [5, 5.41) is 15.7. The Morgan fingerprint density at radius 3 is 2.73 bits per heavy atom. The van der Waals surface area contributed by atoms with Crippen molar-refractivity contribution in [1.29, 1.82) is 0 Å². The number of nitrogens with one attached hydrogen (secondary N) is 1. The van der Waals surface area contributed by atoms with E-state index in [-0.39, 0.29) is 11.8 Å². The molecule has 26 heavy (non-hydrogen) atoms. The molecule has 1 aliphatic carbocycles. The molecule has 1 fully saturated rings. The van der Waals surface area contributed by atoms with Crippen molar-refractivity contribution < 1.29 is 4.79 Å². The normalized spacial score (nSPS) is 14.0. The van der Waals surface area contributed by atoms with E-state index in [0.29, 0.717) is 5.65 Å². The highest BCUT2D eigenvalue weighted by atomic mass is 32.2. The van der Waals surface area contributed by atoms with Crippen LogP contribution in [0.25, 0.3) is 16.7 Å². The summed E-state index contributed by atoms with van der Waals surface area (Å²) in [5.74, 6) is 0.303. The second kappa shape index (κ2) is 6.06. The molecule has 1 amide bonds. The molecule has 1 saturated carbocycles. The van der Waals surface area contributed by atoms with E-state index in [4.69, 9.17) is 4.98 Å². The molecule has 2 aromatic heterocycles. The van der Waals surface area contributed by atoms with Crippen molar-refractivity contribution in [1.82, 2.24) is 25.0 Å². The third-order valence-electron chi connectivity index (χ3n) is 4.28. The Labute approximate surface area is 152 Å². The molecule has 1 N–H and O–H groups in total. The van der Waals surface area contributed by atoms with Crippen molar-refractivity contribution in [3.63, 3.8) is 0 Å². The Morgan fingerprint density at radius 2 is 1.92 bits per heavy atom. The van der Waals surface area contributed by atoms with Crippen molar-refractivity contribution in [3.8, 4) is 0 Å². The molecule has 4 aromatic rings. The van der Waals surface area contributed by atoms with Crippen LogP contribution in [0.4, 0.5) is 5.69 Å². The van der Waals surface area contributed by atoms with E-state index in [1.807, 2.05) is 48.5 Å². The summed E-state index contributed by atoms with van der Waals surface area (Å²) >= 11 is 1.50. The molecule has 0 unspecified atom stereocenters. The molecule has 128 valence electrons. The van der Waals surface area contributed by atoms with Gasteiger partial charge in [-0.25, -0.2) is 4.98 Å². The molecule has 5 rings (SSSR count). The van der Waals surface area contributed by atoms with Crippen LogP contribution in [0.2, 0.25) is 0 Å². The number of nitrogens with zero attached hydrogens (tertiary/aromatic N) is 5. The molecular formula is C18H14N6OS. The summed E-state index contributed by atoms with van der Waals surface area (Å²) in [6, 6.07) is 15.5. The molecule has 0 aliphatic heterocycles. The molecule has 8 heteroatoms. The van der Waals surface area contributed by atoms with E-state index < -0.39 is 0 Å². The van der Waals surface area contributed by atoms with Crippen molar-refractivity contribution in [2.24, 2.45) is 5.92 Å². The predicted octanol–water partition coefficient (Wildman–Crippen LogP) is 3.17. The van der Waals surface area contributed by atoms with Crippen molar-refractivity contribution in [3.05, 3.63) is 48.5 Å². The average molecular weight is 362 g/mol. The van der Waals surface area contributed by atoms with E-state index >= 15 is 0 Å². The topological polar surface area (TPSA) is 85.1 Å². The highest BCUT2D eigenvalue weighted by Gasteiger charge is 2.29. The largest absolute Gasteiger partial charge is 0.326 e. The molecule has 0 radical (unpaired) electrons. The van der Waals surface area contributed by atoms with Gasteiger partial charge in [0.05, 0.1) is 11.0 Å². The lowest BCUT2D eigenvalue weighted by Gasteiger charge is -2.07. The number of benzene rings is 2. The van der Waals surface area contributed by atoms with Crippen LogP contribution in [-0.4, -0.2) is 30.9 Å². The minimum Gasteiger partial charge on any atom is -0.326 e. The van der Waals surface area contributed by atoms with Crippen LogP contribution >= 0.6 is 11.8 Å². The minimum atomic E-state index is 0.109. The molecule has 2 aromatic carbocycles. The summed E-state index contributed by atoms with van der Waals surface area (Å²) in [4.78, 5) is 17.5. The molecular weight excluding hydrogens is 348 g/mol. The number of aromatic nitrogens is 5. The number of para-hydroxylation sites is 2. The van der Waals surface area contributed by atoms with Crippen LogP contribution in [0.3, 0.4) is 0 Å². The number of carbonyl (C=O) groups excluding carboxylic acids is 1. The molecule has 0 atom stereocenters. The number of carbonyl (C=O) groups is 1. The lowest BCUT2D eigenvalue weighted by atomic mass is 10.3. The molecule has 1 aliphatic rings. The standard InChI is InChI=1S/C18H14N6OS/c25-17(11-5-6-11)19-12-7-9-13(10-8-12)26-18-16-21-22-23-24(16)15-4-2-1-3-14(15)20-18/h1-4,7-11H,5-6H2,(H,19,25). The summed E-state index contributed by atoms with van der Waals surface area (Å²) in [6.45, 7) is 0. The fraction of sp³-hybridized carbons (Fsp3) is 0.167. The zero-order valence-electron chi connectivity index (χ0n) is 13.7. The first kappa shape index (κ1) is 15.3. The van der Waals surface area contributed by atoms with Crippen LogP contribution in [0, 0.1) is 5.92 Å². The first-order valence-electron chi connectivity index (χ1n) is 8.33. The first-order chi connectivity index (χ1) is 12.8. The second-order valence-electron chi connectivity index (χ2n) is 6.21. The molecule has 0 saturated heterocycles. The lowest BCUT2D eigenvalue weighted by molar-refractivity contribution is -0.117. The van der Waals surface area contributed by atoms with Gasteiger partial charge in [-0.2, -0.15) is 4.52 Å². The summed E-state index contributed by atoms with van der Waals surface area (Å²) < 4.78 is 1.70. The van der Waals surface area contributed by atoms with Gasteiger partial charge in [0.2, 0.25) is 11.6 Å². The second-order valence-corrected chi connectivity index (χ2v) is 7.27. The maximum atomic E-state index is 11.8. The summed E-state index contributed by atoms with van der Waals surface area (Å²) in [6.07, 6.45) is 1.99. The van der Waals surface area contributed by atoms with Gasteiger partial charge in [-0.1, -0.05) is 23.9 Å². The third-order valence-corrected chi connectivity index (χ3v) is 5.25. The third kappa shape index (κ3) is 2.78. The Morgan fingerprint density at radius 1 is 1.12 bits per heavy atom. The zero-order chi connectivity index (χ0) is 17.5. The fourth-order valence-corrected chi connectivity index (χ4v) is 3.61. The number of hydrogen-bond donors (Lipinski definition) is 1. The number of rotatable bonds is 4. The van der Waals surface area contributed by atoms with Gasteiger partial charge < -0.3 is 5.32 Å². The number of hydrogen-bond acceptors (Lipinski definition) is 6. The number of amides is 1. The van der Waals surface area contributed by atoms with E-state index in [0.717, 1.165) is 39.5 Å². The van der Waals surface area contributed by atoms with Gasteiger partial charge in [0, 0.05) is 16.5 Å². The SMILES string of the molecule is O=C(Nc1ccc(Sc2nc3ccccc3n3nnnc23)cc1)C1CC1. The van der Waals surface area contributed by atoms with Crippen LogP contribution < -0.4 is 5.32 Å². The van der Waals surface area contributed by atoms with Gasteiger partial charge in [0.25, 0.3) is 0 Å². The number of tetrazole rings is 1. The van der Waals surface area contributed by atoms with Gasteiger partial charge in [0.1, 0.15) is 5.03 Å². The Bertz CT molecular complexity index is 1120. The predicted molar refractivity (Wildman–Crippen MR) is 98.0 cm³/mol. The monoisotopic (exact) mass is 362 g/mol. The fourth-order valence-electron chi connectivity index (χ4n) is 2.76. The highest BCUT2D eigenvalue weighted by Crippen LogP contribution is 2.32. The quantitative estimate of drug-likeness (QED) is 0.600. The zero-order valence-corrected chi connectivity index (χ0v) is 14.5. The van der Waals surface area contributed by atoms with Crippen molar-refractivity contribution in [2.75, 3.05) is 5.32 Å². The van der Waals surface area contributed by atoms with Crippen LogP contribution in [-0.2, 0) is 4.79 Å². The lowest BCUT2D eigenvalue weighted by Crippen LogP contribution is -2.12. The number of anilines is 1. The smallest absolute Gasteiger partial charge is 0.227 e. The van der Waals surface area contributed by atoms with E-state index in [2.05, 4.69) is 20.8 Å². The first-order valence-corrected chi connectivity index (χ1v) is 9.15. The minimum absolute atomic E-state index is 0.109. The number of fused-ring (bicyclic) bond motifs is 3. The Hall–Kier alpha value is -3.00. The molecule has 0 spiro atoms. The van der Waals surface area contributed by atoms with Gasteiger partial charge in [-0.15, -0.1) is 5.10 Å². The van der Waals surface area contributed by atoms with Gasteiger partial charge in [-0.3, -0.25) is 4.79 Å². The highest BCUT2D eigenvalue weighted by molar-refractivity contribution is 7.99. The Kier molecular flexibility index (Phi) is 3.56. The van der Waals surface area contributed by atoms with E-state index in [1.54, 1.807) is 4.52 Å². The molecule has 7 nitrogen and oxygen atoms in total. The van der Waals surface area contributed by atoms with E-state index in [1.165, 1.54) is 11.8 Å². The Balaban J connectivity index is 1.44. The van der Waals surface area contributed by atoms with Gasteiger partial charge in [-0.05, 0) is 59.7 Å². The maximum Gasteiger partial charge on any atom is 0.227 e. The van der Waals surface area contributed by atoms with Crippen LogP contribution in [0.5, 0.6) is 0 Å². The molecule has 0 bridgehead atoms. The van der Waals surface area contributed by atoms with Crippen LogP contribution in [0.1, 0.15) is 12.8 Å². The summed E-state index contributed by atoms with van der Waals surface area (Å²) in [7, 11) is 0. The van der Waals surface area contributed by atoms with Crippen molar-refractivity contribution in [2.45, 2.75) is 22.8 Å². The van der Waals surface area contributed by atoms with Crippen molar-refractivity contribution >= 4 is 40.0 Å². The van der Waals surface area contributed by atoms with Crippen LogP contribution in [0.15, 0.2) is 58.5 Å². The molecule has 2 heterocycles. The average Bonchev–Trinajstić information content (AvgIpc) is 3.40. The maximum absolute atomic E-state index is 11.8. The van der Waals surface area contributed by atoms with Gasteiger partial charge in [0.15, 0.2) is 0 Å². The van der Waals surface area contributed by atoms with E-state index in [9.17, 15) is 4.79 Å². The van der Waals surface area contributed by atoms with Gasteiger partial charge >= 0.3 is 0 Å². The summed E-state index contributed by atoms with van der Waals surface area (Å²) in [5.41, 5.74) is 3.14.